The summed E-state index contributed by atoms with van der Waals surface area (Å²) in [5, 5.41) is 3.55. The number of rotatable bonds is 1. The first-order valence-electron chi connectivity index (χ1n) is 6.39. The van der Waals surface area contributed by atoms with Crippen LogP contribution in [0.1, 0.15) is 35.6 Å². The Morgan fingerprint density at radius 1 is 1.25 bits per heavy atom. The second kappa shape index (κ2) is 4.19. The van der Waals surface area contributed by atoms with E-state index in [2.05, 4.69) is 35.3 Å². The quantitative estimate of drug-likeness (QED) is 0.774. The summed E-state index contributed by atoms with van der Waals surface area (Å²) in [7, 11) is 0. The minimum atomic E-state index is 0.618. The summed E-state index contributed by atoms with van der Waals surface area (Å²) >= 11 is 0. The highest BCUT2D eigenvalue weighted by Gasteiger charge is 2.28. The molecule has 0 bridgehead atoms. The summed E-state index contributed by atoms with van der Waals surface area (Å²) < 4.78 is 0. The van der Waals surface area contributed by atoms with E-state index >= 15 is 0 Å². The maximum absolute atomic E-state index is 3.55. The average Bonchev–Trinajstić information content (AvgIpc) is 2.82. The van der Waals surface area contributed by atoms with E-state index in [0.717, 1.165) is 13.1 Å². The Labute approximate surface area is 97.6 Å². The fourth-order valence-corrected chi connectivity index (χ4v) is 3.18. The van der Waals surface area contributed by atoms with Crippen molar-refractivity contribution < 1.29 is 0 Å². The van der Waals surface area contributed by atoms with Crippen molar-refractivity contribution in [1.82, 2.24) is 10.2 Å². The van der Waals surface area contributed by atoms with E-state index < -0.39 is 0 Å². The first-order chi connectivity index (χ1) is 7.86. The van der Waals surface area contributed by atoms with Crippen LogP contribution >= 0.6 is 0 Å². The molecule has 2 heteroatoms. The largest absolute Gasteiger partial charge is 0.311 e. The molecule has 0 saturated carbocycles. The maximum atomic E-state index is 3.55. The van der Waals surface area contributed by atoms with Crippen molar-refractivity contribution in [2.45, 2.75) is 32.4 Å². The molecule has 86 valence electrons. The number of aryl methyl sites for hydroxylation is 1. The Morgan fingerprint density at radius 3 is 2.88 bits per heavy atom. The maximum Gasteiger partial charge on any atom is 0.0478 e. The molecule has 0 spiro atoms. The zero-order valence-electron chi connectivity index (χ0n) is 10.00. The van der Waals surface area contributed by atoms with Crippen molar-refractivity contribution in [3.05, 3.63) is 34.9 Å². The number of hydrogen-bond donors (Lipinski definition) is 1. The van der Waals surface area contributed by atoms with Gasteiger partial charge in [0, 0.05) is 19.1 Å². The van der Waals surface area contributed by atoms with Crippen molar-refractivity contribution in [2.75, 3.05) is 19.6 Å². The summed E-state index contributed by atoms with van der Waals surface area (Å²) in [6.45, 7) is 6.98. The molecule has 2 aliphatic rings. The van der Waals surface area contributed by atoms with Crippen LogP contribution in [0.2, 0.25) is 0 Å². The van der Waals surface area contributed by atoms with Crippen molar-refractivity contribution in [2.24, 2.45) is 0 Å². The Balaban J connectivity index is 1.98. The van der Waals surface area contributed by atoms with Gasteiger partial charge in [0.05, 0.1) is 0 Å². The fraction of sp³-hybridized carbons (Fsp3) is 0.571. The van der Waals surface area contributed by atoms with Crippen LogP contribution in [-0.2, 0) is 6.54 Å². The minimum Gasteiger partial charge on any atom is -0.311 e. The number of nitrogens with zero attached hydrogens (tertiary/aromatic N) is 1. The van der Waals surface area contributed by atoms with Gasteiger partial charge in [-0.05, 0) is 49.5 Å². The smallest absolute Gasteiger partial charge is 0.0478 e. The molecule has 2 nitrogen and oxygen atoms in total. The third-order valence-electron chi connectivity index (χ3n) is 3.98. The first kappa shape index (κ1) is 10.3. The van der Waals surface area contributed by atoms with E-state index in [9.17, 15) is 0 Å². The van der Waals surface area contributed by atoms with Gasteiger partial charge in [0.25, 0.3) is 0 Å². The topological polar surface area (TPSA) is 15.3 Å². The monoisotopic (exact) mass is 216 g/mol. The number of likely N-dealkylation sites (tertiary alicyclic amines) is 1. The fourth-order valence-electron chi connectivity index (χ4n) is 3.18. The lowest BCUT2D eigenvalue weighted by atomic mass is 9.91. The summed E-state index contributed by atoms with van der Waals surface area (Å²) in [6, 6.07) is 7.33. The van der Waals surface area contributed by atoms with Gasteiger partial charge in [-0.25, -0.2) is 0 Å². The zero-order valence-corrected chi connectivity index (χ0v) is 10.00. The molecule has 16 heavy (non-hydrogen) atoms. The van der Waals surface area contributed by atoms with Gasteiger partial charge in [-0.3, -0.25) is 4.90 Å². The lowest BCUT2D eigenvalue weighted by Crippen LogP contribution is -2.38. The molecular weight excluding hydrogens is 196 g/mol. The van der Waals surface area contributed by atoms with Crippen molar-refractivity contribution >= 4 is 0 Å². The third kappa shape index (κ3) is 1.66. The highest BCUT2D eigenvalue weighted by Crippen LogP contribution is 2.31. The van der Waals surface area contributed by atoms with E-state index in [1.807, 2.05) is 0 Å². The molecule has 0 unspecified atom stereocenters. The lowest BCUT2D eigenvalue weighted by Gasteiger charge is -2.34. The number of benzene rings is 1. The van der Waals surface area contributed by atoms with Crippen LogP contribution in [-0.4, -0.2) is 24.5 Å². The van der Waals surface area contributed by atoms with E-state index in [4.69, 9.17) is 0 Å². The Hall–Kier alpha value is -0.860. The molecule has 1 N–H and O–H groups in total. The molecule has 0 radical (unpaired) electrons. The molecule has 1 saturated heterocycles. The van der Waals surface area contributed by atoms with Crippen LogP contribution < -0.4 is 5.32 Å². The summed E-state index contributed by atoms with van der Waals surface area (Å²) in [6.07, 6.45) is 2.75. The Kier molecular flexibility index (Phi) is 2.70. The third-order valence-corrected chi connectivity index (χ3v) is 3.98. The summed E-state index contributed by atoms with van der Waals surface area (Å²) in [5.41, 5.74) is 4.57. The molecule has 1 aromatic carbocycles. The molecule has 0 amide bonds. The van der Waals surface area contributed by atoms with Crippen LogP contribution in [0.4, 0.5) is 0 Å². The molecule has 1 fully saturated rings. The highest BCUT2D eigenvalue weighted by molar-refractivity contribution is 5.39. The standard InChI is InChI=1S/C14H20N2/c1-11-5-4-6-12-9-15-10-13(14(11)12)16-7-2-3-8-16/h4-6,13,15H,2-3,7-10H2,1H3/t13-/m1/s1. The molecule has 2 aliphatic heterocycles. The van der Waals surface area contributed by atoms with Crippen LogP contribution in [0.15, 0.2) is 18.2 Å². The van der Waals surface area contributed by atoms with Gasteiger partial charge < -0.3 is 5.32 Å². The number of fused-ring (bicyclic) bond motifs is 1. The predicted molar refractivity (Wildman–Crippen MR) is 66.4 cm³/mol. The molecular formula is C14H20N2. The molecule has 1 aromatic rings. The van der Waals surface area contributed by atoms with Crippen molar-refractivity contribution in [3.8, 4) is 0 Å². The number of hydrogen-bond acceptors (Lipinski definition) is 2. The SMILES string of the molecule is Cc1cccc2c1[C@H](N1CCCC1)CNC2. The zero-order chi connectivity index (χ0) is 11.0. The molecule has 1 atom stereocenters. The highest BCUT2D eigenvalue weighted by atomic mass is 15.2. The number of nitrogens with one attached hydrogen (secondary N) is 1. The molecule has 2 heterocycles. The van der Waals surface area contributed by atoms with Gasteiger partial charge in [0.1, 0.15) is 0 Å². The summed E-state index contributed by atoms with van der Waals surface area (Å²) in [4.78, 5) is 2.65. The van der Waals surface area contributed by atoms with Gasteiger partial charge >= 0.3 is 0 Å². The van der Waals surface area contributed by atoms with Crippen LogP contribution in [0.25, 0.3) is 0 Å². The van der Waals surface area contributed by atoms with Gasteiger partial charge in [0.15, 0.2) is 0 Å². The van der Waals surface area contributed by atoms with Crippen molar-refractivity contribution in [1.29, 1.82) is 0 Å². The average molecular weight is 216 g/mol. The normalized spacial score (nSPS) is 25.7. The molecule has 0 aliphatic carbocycles. The molecule has 3 rings (SSSR count). The lowest BCUT2D eigenvalue weighted by molar-refractivity contribution is 0.228. The molecule has 0 aromatic heterocycles. The van der Waals surface area contributed by atoms with E-state index in [1.54, 1.807) is 5.56 Å². The van der Waals surface area contributed by atoms with Gasteiger partial charge in [-0.15, -0.1) is 0 Å². The van der Waals surface area contributed by atoms with Crippen molar-refractivity contribution in [3.63, 3.8) is 0 Å². The van der Waals surface area contributed by atoms with Crippen LogP contribution in [0.3, 0.4) is 0 Å². The van der Waals surface area contributed by atoms with Crippen LogP contribution in [0.5, 0.6) is 0 Å². The minimum absolute atomic E-state index is 0.618. The Morgan fingerprint density at radius 2 is 2.06 bits per heavy atom. The second-order valence-electron chi connectivity index (χ2n) is 5.04. The van der Waals surface area contributed by atoms with Gasteiger partial charge in [-0.2, -0.15) is 0 Å². The van der Waals surface area contributed by atoms with Crippen LogP contribution in [0, 0.1) is 6.92 Å². The van der Waals surface area contributed by atoms with E-state index in [1.165, 1.54) is 37.1 Å². The second-order valence-corrected chi connectivity index (χ2v) is 5.04. The predicted octanol–water partition coefficient (Wildman–Crippen LogP) is 2.24. The first-order valence-corrected chi connectivity index (χ1v) is 6.39. The summed E-state index contributed by atoms with van der Waals surface area (Å²) in [5.74, 6) is 0. The Bertz CT molecular complexity index is 380. The van der Waals surface area contributed by atoms with E-state index in [-0.39, 0.29) is 0 Å². The van der Waals surface area contributed by atoms with Gasteiger partial charge in [-0.1, -0.05) is 18.2 Å². The van der Waals surface area contributed by atoms with Gasteiger partial charge in [0.2, 0.25) is 0 Å². The van der Waals surface area contributed by atoms with E-state index in [0.29, 0.717) is 6.04 Å².